The van der Waals surface area contributed by atoms with E-state index >= 15 is 0 Å². The molecule has 0 spiro atoms. The summed E-state index contributed by atoms with van der Waals surface area (Å²) >= 11 is 1.27. The van der Waals surface area contributed by atoms with Crippen LogP contribution in [0.5, 0.6) is 0 Å². The minimum Gasteiger partial charge on any atom is -0.465 e. The molecule has 0 amide bonds. The van der Waals surface area contributed by atoms with Crippen molar-refractivity contribution in [3.8, 4) is 11.8 Å². The molecule has 0 atom stereocenters. The van der Waals surface area contributed by atoms with E-state index in [1.54, 1.807) is 13.0 Å². The summed E-state index contributed by atoms with van der Waals surface area (Å²) < 4.78 is 4.71. The van der Waals surface area contributed by atoms with Gasteiger partial charge in [-0.1, -0.05) is 29.7 Å². The van der Waals surface area contributed by atoms with Crippen molar-refractivity contribution >= 4 is 22.8 Å². The van der Waals surface area contributed by atoms with Crippen molar-refractivity contribution in [3.05, 3.63) is 34.9 Å². The van der Waals surface area contributed by atoms with E-state index in [0.717, 1.165) is 11.1 Å². The van der Waals surface area contributed by atoms with Gasteiger partial charge < -0.3 is 4.74 Å². The lowest BCUT2D eigenvalue weighted by molar-refractivity contribution is -0.109. The summed E-state index contributed by atoms with van der Waals surface area (Å²) in [4.78, 5) is 22.3. The van der Waals surface area contributed by atoms with E-state index in [1.807, 2.05) is 19.1 Å². The van der Waals surface area contributed by atoms with Gasteiger partial charge in [-0.15, -0.1) is 0 Å². The highest BCUT2D eigenvalue weighted by Crippen LogP contribution is 2.12. The summed E-state index contributed by atoms with van der Waals surface area (Å²) in [5.74, 6) is 6.31. The Morgan fingerprint density at radius 1 is 1.37 bits per heavy atom. The minimum absolute atomic E-state index is 0.102. The van der Waals surface area contributed by atoms with Crippen molar-refractivity contribution < 1.29 is 14.3 Å². The first-order valence-corrected chi connectivity index (χ1v) is 6.84. The zero-order chi connectivity index (χ0) is 14.3. The second kappa shape index (κ2) is 7.65. The number of esters is 1. The molecule has 0 aliphatic rings. The van der Waals surface area contributed by atoms with Crippen LogP contribution in [0.4, 0.5) is 0 Å². The van der Waals surface area contributed by atoms with Crippen LogP contribution < -0.4 is 0 Å². The number of ether oxygens (including phenoxy) is 1. The minimum atomic E-state index is -0.353. The standard InChI is InChI=1S/C15H16O3S/c1-11-7-8-13(10-14(11)15(17)18-3)6-4-5-9-19-12(2)16/h7-8,10H,5,9H2,1-3H3. The molecule has 0 aliphatic carbocycles. The molecular weight excluding hydrogens is 260 g/mol. The molecule has 1 aromatic rings. The SMILES string of the molecule is COC(=O)c1cc(C#CCCSC(C)=O)ccc1C. The van der Waals surface area contributed by atoms with Gasteiger partial charge in [0.15, 0.2) is 5.12 Å². The quantitative estimate of drug-likeness (QED) is 0.484. The third-order valence-corrected chi connectivity index (χ3v) is 3.22. The Balaban J connectivity index is 2.72. The van der Waals surface area contributed by atoms with Crippen LogP contribution in [0.1, 0.15) is 34.8 Å². The molecule has 0 heterocycles. The molecule has 0 aromatic heterocycles. The number of hydrogen-bond acceptors (Lipinski definition) is 4. The Bertz CT molecular complexity index is 538. The summed E-state index contributed by atoms with van der Waals surface area (Å²) in [7, 11) is 1.36. The van der Waals surface area contributed by atoms with Crippen LogP contribution in [0, 0.1) is 18.8 Å². The summed E-state index contributed by atoms with van der Waals surface area (Å²) in [5.41, 5.74) is 2.18. The van der Waals surface area contributed by atoms with E-state index in [4.69, 9.17) is 4.74 Å². The van der Waals surface area contributed by atoms with Gasteiger partial charge in [-0.25, -0.2) is 4.79 Å². The molecule has 0 aliphatic heterocycles. The summed E-state index contributed by atoms with van der Waals surface area (Å²) in [6.45, 7) is 3.40. The van der Waals surface area contributed by atoms with Crippen molar-refractivity contribution in [2.75, 3.05) is 12.9 Å². The largest absolute Gasteiger partial charge is 0.465 e. The predicted octanol–water partition coefficient (Wildman–Crippen LogP) is 2.80. The molecule has 0 saturated carbocycles. The van der Waals surface area contributed by atoms with Gasteiger partial charge in [0.2, 0.25) is 0 Å². The Hall–Kier alpha value is -1.73. The molecule has 0 N–H and O–H groups in total. The number of methoxy groups -OCH3 is 1. The van der Waals surface area contributed by atoms with Crippen molar-refractivity contribution in [1.29, 1.82) is 0 Å². The fourth-order valence-electron chi connectivity index (χ4n) is 1.44. The van der Waals surface area contributed by atoms with Crippen molar-refractivity contribution in [1.82, 2.24) is 0 Å². The number of carbonyl (C=O) groups excluding carboxylic acids is 2. The maximum absolute atomic E-state index is 11.5. The van der Waals surface area contributed by atoms with E-state index in [-0.39, 0.29) is 11.1 Å². The molecule has 3 nitrogen and oxygen atoms in total. The zero-order valence-electron chi connectivity index (χ0n) is 11.3. The van der Waals surface area contributed by atoms with Crippen LogP contribution in [0.2, 0.25) is 0 Å². The number of aryl methyl sites for hydroxylation is 1. The topological polar surface area (TPSA) is 43.4 Å². The van der Waals surface area contributed by atoms with Crippen LogP contribution in [0.25, 0.3) is 0 Å². The lowest BCUT2D eigenvalue weighted by Gasteiger charge is -2.03. The molecule has 0 radical (unpaired) electrons. The highest BCUT2D eigenvalue weighted by molar-refractivity contribution is 8.13. The molecule has 100 valence electrons. The van der Waals surface area contributed by atoms with Gasteiger partial charge in [0.25, 0.3) is 0 Å². The normalized spacial score (nSPS) is 9.42. The molecule has 19 heavy (non-hydrogen) atoms. The molecular formula is C15H16O3S. The number of carbonyl (C=O) groups is 2. The van der Waals surface area contributed by atoms with Gasteiger partial charge in [0, 0.05) is 24.7 Å². The van der Waals surface area contributed by atoms with Gasteiger partial charge >= 0.3 is 5.97 Å². The molecule has 4 heteroatoms. The van der Waals surface area contributed by atoms with Crippen molar-refractivity contribution in [3.63, 3.8) is 0 Å². The van der Waals surface area contributed by atoms with Crippen molar-refractivity contribution in [2.24, 2.45) is 0 Å². The predicted molar refractivity (Wildman–Crippen MR) is 77.2 cm³/mol. The second-order valence-electron chi connectivity index (χ2n) is 3.91. The number of benzene rings is 1. The third kappa shape index (κ3) is 5.19. The average molecular weight is 276 g/mol. The van der Waals surface area contributed by atoms with Crippen molar-refractivity contribution in [2.45, 2.75) is 20.3 Å². The first-order chi connectivity index (χ1) is 9.04. The maximum atomic E-state index is 11.5. The van der Waals surface area contributed by atoms with E-state index in [2.05, 4.69) is 11.8 Å². The molecule has 0 fully saturated rings. The fraction of sp³-hybridized carbons (Fsp3) is 0.333. The summed E-state index contributed by atoms with van der Waals surface area (Å²) in [6.07, 6.45) is 0.645. The monoisotopic (exact) mass is 276 g/mol. The lowest BCUT2D eigenvalue weighted by Crippen LogP contribution is -2.03. The molecule has 0 unspecified atom stereocenters. The zero-order valence-corrected chi connectivity index (χ0v) is 12.1. The summed E-state index contributed by atoms with van der Waals surface area (Å²) in [6, 6.07) is 5.44. The van der Waals surface area contributed by atoms with Crippen LogP contribution in [-0.4, -0.2) is 23.9 Å². The molecule has 1 rings (SSSR count). The van der Waals surface area contributed by atoms with E-state index in [0.29, 0.717) is 17.7 Å². The van der Waals surface area contributed by atoms with Gasteiger partial charge in [-0.3, -0.25) is 4.79 Å². The van der Waals surface area contributed by atoms with Gasteiger partial charge in [-0.2, -0.15) is 0 Å². The van der Waals surface area contributed by atoms with Crippen LogP contribution in [-0.2, 0) is 9.53 Å². The maximum Gasteiger partial charge on any atom is 0.338 e. The van der Waals surface area contributed by atoms with Gasteiger partial charge in [0.1, 0.15) is 0 Å². The second-order valence-corrected chi connectivity index (χ2v) is 5.18. The molecule has 0 saturated heterocycles. The highest BCUT2D eigenvalue weighted by Gasteiger charge is 2.08. The van der Waals surface area contributed by atoms with Crippen LogP contribution >= 0.6 is 11.8 Å². The Morgan fingerprint density at radius 2 is 2.11 bits per heavy atom. The van der Waals surface area contributed by atoms with Crippen LogP contribution in [0.15, 0.2) is 18.2 Å². The summed E-state index contributed by atoms with van der Waals surface area (Å²) in [5, 5.41) is 0.102. The Kier molecular flexibility index (Phi) is 6.17. The van der Waals surface area contributed by atoms with Gasteiger partial charge in [0.05, 0.1) is 12.7 Å². The fourth-order valence-corrected chi connectivity index (χ4v) is 1.93. The van der Waals surface area contributed by atoms with Crippen LogP contribution in [0.3, 0.4) is 0 Å². The van der Waals surface area contributed by atoms with E-state index < -0.39 is 0 Å². The Labute approximate surface area is 117 Å². The third-order valence-electron chi connectivity index (χ3n) is 2.41. The molecule has 0 bridgehead atoms. The lowest BCUT2D eigenvalue weighted by atomic mass is 10.1. The highest BCUT2D eigenvalue weighted by atomic mass is 32.2. The molecule has 1 aromatic carbocycles. The first kappa shape index (κ1) is 15.3. The van der Waals surface area contributed by atoms with E-state index in [9.17, 15) is 9.59 Å². The Morgan fingerprint density at radius 3 is 2.74 bits per heavy atom. The number of thioether (sulfide) groups is 1. The first-order valence-electron chi connectivity index (χ1n) is 5.86. The number of rotatable bonds is 3. The van der Waals surface area contributed by atoms with Gasteiger partial charge in [-0.05, 0) is 24.6 Å². The average Bonchev–Trinajstić information content (AvgIpc) is 2.39. The number of hydrogen-bond donors (Lipinski definition) is 0. The van der Waals surface area contributed by atoms with E-state index in [1.165, 1.54) is 18.9 Å². The smallest absolute Gasteiger partial charge is 0.338 e.